The summed E-state index contributed by atoms with van der Waals surface area (Å²) >= 11 is 0. The standard InChI is InChI=1S/C15H20N2/c1-3-11(4-2)15(16)14-7-5-6-12-10-17-9-8-13(12)14/h5-11,15H,3-4,16H2,1-2H3. The Morgan fingerprint density at radius 3 is 2.65 bits per heavy atom. The highest BCUT2D eigenvalue weighted by molar-refractivity contribution is 5.85. The molecule has 1 atom stereocenters. The molecule has 1 unspecified atom stereocenters. The average Bonchev–Trinajstić information content (AvgIpc) is 2.39. The molecule has 0 amide bonds. The minimum Gasteiger partial charge on any atom is -0.324 e. The first-order chi connectivity index (χ1) is 8.27. The van der Waals surface area contributed by atoms with E-state index in [2.05, 4.69) is 43.1 Å². The Kier molecular flexibility index (Phi) is 3.75. The van der Waals surface area contributed by atoms with Crippen molar-refractivity contribution in [1.29, 1.82) is 0 Å². The van der Waals surface area contributed by atoms with Gasteiger partial charge in [0, 0.05) is 23.8 Å². The maximum Gasteiger partial charge on any atom is 0.0346 e. The van der Waals surface area contributed by atoms with Crippen molar-refractivity contribution in [3.8, 4) is 0 Å². The highest BCUT2D eigenvalue weighted by Gasteiger charge is 2.17. The van der Waals surface area contributed by atoms with E-state index >= 15 is 0 Å². The first-order valence-electron chi connectivity index (χ1n) is 6.36. The van der Waals surface area contributed by atoms with Crippen LogP contribution in [0, 0.1) is 5.92 Å². The van der Waals surface area contributed by atoms with Crippen LogP contribution in [0.25, 0.3) is 10.8 Å². The Hall–Kier alpha value is -1.41. The smallest absolute Gasteiger partial charge is 0.0346 e. The van der Waals surface area contributed by atoms with Crippen molar-refractivity contribution < 1.29 is 0 Å². The molecule has 0 saturated heterocycles. The summed E-state index contributed by atoms with van der Waals surface area (Å²) < 4.78 is 0. The number of hydrogen-bond donors (Lipinski definition) is 1. The van der Waals surface area contributed by atoms with Crippen LogP contribution in [0.4, 0.5) is 0 Å². The third kappa shape index (κ3) is 2.32. The zero-order valence-corrected chi connectivity index (χ0v) is 10.6. The summed E-state index contributed by atoms with van der Waals surface area (Å²) in [5, 5.41) is 2.41. The molecule has 0 fully saturated rings. The van der Waals surface area contributed by atoms with E-state index in [9.17, 15) is 0 Å². The summed E-state index contributed by atoms with van der Waals surface area (Å²) in [5.74, 6) is 0.550. The molecule has 2 heteroatoms. The Morgan fingerprint density at radius 1 is 1.18 bits per heavy atom. The molecule has 0 radical (unpaired) electrons. The molecular formula is C15H20N2. The zero-order chi connectivity index (χ0) is 12.3. The highest BCUT2D eigenvalue weighted by Crippen LogP contribution is 2.29. The van der Waals surface area contributed by atoms with Gasteiger partial charge in [-0.15, -0.1) is 0 Å². The minimum atomic E-state index is 0.121. The van der Waals surface area contributed by atoms with E-state index in [1.54, 1.807) is 0 Å². The molecule has 2 rings (SSSR count). The topological polar surface area (TPSA) is 38.9 Å². The first-order valence-corrected chi connectivity index (χ1v) is 6.36. The van der Waals surface area contributed by atoms with E-state index in [4.69, 9.17) is 5.73 Å². The third-order valence-electron chi connectivity index (χ3n) is 3.63. The second-order valence-electron chi connectivity index (χ2n) is 4.55. The van der Waals surface area contributed by atoms with E-state index in [0.29, 0.717) is 5.92 Å². The van der Waals surface area contributed by atoms with Gasteiger partial charge in [-0.3, -0.25) is 4.98 Å². The van der Waals surface area contributed by atoms with E-state index in [0.717, 1.165) is 12.8 Å². The molecular weight excluding hydrogens is 208 g/mol. The van der Waals surface area contributed by atoms with Gasteiger partial charge in [-0.1, -0.05) is 44.9 Å². The number of pyridine rings is 1. The summed E-state index contributed by atoms with van der Waals surface area (Å²) in [6.45, 7) is 4.42. The monoisotopic (exact) mass is 228 g/mol. The molecule has 2 N–H and O–H groups in total. The van der Waals surface area contributed by atoms with Gasteiger partial charge in [0.2, 0.25) is 0 Å². The van der Waals surface area contributed by atoms with Crippen molar-refractivity contribution in [2.75, 3.05) is 0 Å². The molecule has 2 aromatic rings. The lowest BCUT2D eigenvalue weighted by Gasteiger charge is -2.22. The van der Waals surface area contributed by atoms with Crippen molar-refractivity contribution >= 4 is 10.8 Å². The maximum absolute atomic E-state index is 6.41. The maximum atomic E-state index is 6.41. The Labute approximate surface area is 103 Å². The summed E-state index contributed by atoms with van der Waals surface area (Å²) in [6, 6.07) is 8.49. The minimum absolute atomic E-state index is 0.121. The van der Waals surface area contributed by atoms with Crippen LogP contribution in [0.2, 0.25) is 0 Å². The van der Waals surface area contributed by atoms with Gasteiger partial charge in [0.15, 0.2) is 0 Å². The van der Waals surface area contributed by atoms with Crippen molar-refractivity contribution in [3.05, 3.63) is 42.2 Å². The number of nitrogens with two attached hydrogens (primary N) is 1. The predicted molar refractivity (Wildman–Crippen MR) is 72.7 cm³/mol. The highest BCUT2D eigenvalue weighted by atomic mass is 14.7. The molecule has 2 nitrogen and oxygen atoms in total. The average molecular weight is 228 g/mol. The predicted octanol–water partition coefficient (Wildman–Crippen LogP) is 3.67. The van der Waals surface area contributed by atoms with Gasteiger partial charge < -0.3 is 5.73 Å². The number of nitrogens with zero attached hydrogens (tertiary/aromatic N) is 1. The van der Waals surface area contributed by atoms with E-state index in [1.807, 2.05) is 12.4 Å². The zero-order valence-electron chi connectivity index (χ0n) is 10.6. The van der Waals surface area contributed by atoms with Crippen LogP contribution in [-0.2, 0) is 0 Å². The second-order valence-corrected chi connectivity index (χ2v) is 4.55. The molecule has 0 spiro atoms. The number of rotatable bonds is 4. The van der Waals surface area contributed by atoms with Gasteiger partial charge in [0.1, 0.15) is 0 Å². The molecule has 0 aliphatic heterocycles. The number of benzene rings is 1. The normalized spacial score (nSPS) is 13.2. The fraction of sp³-hybridized carbons (Fsp3) is 0.400. The lowest BCUT2D eigenvalue weighted by molar-refractivity contribution is 0.407. The lowest BCUT2D eigenvalue weighted by atomic mass is 9.87. The second kappa shape index (κ2) is 5.28. The van der Waals surface area contributed by atoms with Gasteiger partial charge in [0.25, 0.3) is 0 Å². The molecule has 0 bridgehead atoms. The Bertz CT molecular complexity index is 484. The molecule has 1 aromatic carbocycles. The van der Waals surface area contributed by atoms with E-state index < -0.39 is 0 Å². The lowest BCUT2D eigenvalue weighted by Crippen LogP contribution is -2.20. The van der Waals surface area contributed by atoms with Crippen molar-refractivity contribution in [2.45, 2.75) is 32.7 Å². The molecule has 0 aliphatic carbocycles. The van der Waals surface area contributed by atoms with Crippen LogP contribution in [0.15, 0.2) is 36.7 Å². The SMILES string of the molecule is CCC(CC)C(N)c1cccc2cnccc12. The van der Waals surface area contributed by atoms with Crippen molar-refractivity contribution in [1.82, 2.24) is 4.98 Å². The van der Waals surface area contributed by atoms with Crippen LogP contribution < -0.4 is 5.73 Å². The molecule has 90 valence electrons. The number of aromatic nitrogens is 1. The first kappa shape index (κ1) is 12.1. The van der Waals surface area contributed by atoms with Crippen molar-refractivity contribution in [2.24, 2.45) is 11.7 Å². The van der Waals surface area contributed by atoms with Crippen molar-refractivity contribution in [3.63, 3.8) is 0 Å². The molecule has 17 heavy (non-hydrogen) atoms. The number of fused-ring (bicyclic) bond motifs is 1. The molecule has 1 heterocycles. The van der Waals surface area contributed by atoms with Gasteiger partial charge in [-0.05, 0) is 22.9 Å². The quantitative estimate of drug-likeness (QED) is 0.867. The van der Waals surface area contributed by atoms with Gasteiger partial charge in [0.05, 0.1) is 0 Å². The third-order valence-corrected chi connectivity index (χ3v) is 3.63. The van der Waals surface area contributed by atoms with Gasteiger partial charge >= 0.3 is 0 Å². The van der Waals surface area contributed by atoms with Crippen LogP contribution in [0.1, 0.15) is 38.3 Å². The van der Waals surface area contributed by atoms with Gasteiger partial charge in [-0.2, -0.15) is 0 Å². The summed E-state index contributed by atoms with van der Waals surface area (Å²) in [4.78, 5) is 4.16. The fourth-order valence-corrected chi connectivity index (χ4v) is 2.49. The van der Waals surface area contributed by atoms with Crippen LogP contribution in [0.3, 0.4) is 0 Å². The van der Waals surface area contributed by atoms with Crippen LogP contribution in [0.5, 0.6) is 0 Å². The molecule has 0 saturated carbocycles. The van der Waals surface area contributed by atoms with E-state index in [-0.39, 0.29) is 6.04 Å². The number of hydrogen-bond acceptors (Lipinski definition) is 2. The van der Waals surface area contributed by atoms with Crippen LogP contribution >= 0.6 is 0 Å². The summed E-state index contributed by atoms with van der Waals surface area (Å²) in [7, 11) is 0. The van der Waals surface area contributed by atoms with Gasteiger partial charge in [-0.25, -0.2) is 0 Å². The van der Waals surface area contributed by atoms with E-state index in [1.165, 1.54) is 16.3 Å². The largest absolute Gasteiger partial charge is 0.324 e. The van der Waals surface area contributed by atoms with Crippen LogP contribution in [-0.4, -0.2) is 4.98 Å². The summed E-state index contributed by atoms with van der Waals surface area (Å²) in [6.07, 6.45) is 5.99. The summed E-state index contributed by atoms with van der Waals surface area (Å²) in [5.41, 5.74) is 7.65. The Balaban J connectivity index is 2.47. The molecule has 0 aliphatic rings. The Morgan fingerprint density at radius 2 is 1.94 bits per heavy atom. The molecule has 1 aromatic heterocycles. The fourth-order valence-electron chi connectivity index (χ4n) is 2.49.